The van der Waals surface area contributed by atoms with E-state index in [4.69, 9.17) is 10.00 Å². The molecule has 1 N–H and O–H groups in total. The fourth-order valence-corrected chi connectivity index (χ4v) is 3.33. The number of nitrogens with one attached hydrogen (secondary N) is 1. The highest BCUT2D eigenvalue weighted by Crippen LogP contribution is 2.30. The van der Waals surface area contributed by atoms with Crippen LogP contribution in [-0.4, -0.2) is 28.5 Å². The molecule has 3 aromatic rings. The molecular formula is C25H26N4O2. The van der Waals surface area contributed by atoms with E-state index in [9.17, 15) is 4.79 Å². The SMILES string of the molecule is CC(C)C[C@H](OC(c1ccccc1)c1ccc(-c2cncnc2)cc1)C(=O)NCC#N. The molecule has 3 rings (SSSR count). The van der Waals surface area contributed by atoms with Gasteiger partial charge in [0.15, 0.2) is 0 Å². The molecule has 0 aliphatic heterocycles. The molecule has 0 bridgehead atoms. The standard InChI is InChI=1S/C25H26N4O2/c1-18(2)14-23(25(30)29-13-12-26)31-24(20-6-4-3-5-7-20)21-10-8-19(9-11-21)22-15-27-17-28-16-22/h3-11,15-18,23-24H,13-14H2,1-2H3,(H,29,30)/t23-,24?/m0/s1. The maximum atomic E-state index is 12.7. The highest BCUT2D eigenvalue weighted by molar-refractivity contribution is 5.81. The third-order valence-electron chi connectivity index (χ3n) is 4.83. The Bertz CT molecular complexity index is 999. The molecular weight excluding hydrogens is 388 g/mol. The first kappa shape index (κ1) is 22.1. The van der Waals surface area contributed by atoms with Crippen molar-refractivity contribution in [3.8, 4) is 17.2 Å². The zero-order chi connectivity index (χ0) is 22.1. The molecule has 2 atom stereocenters. The van der Waals surface area contributed by atoms with Crippen molar-refractivity contribution in [3.05, 3.63) is 84.4 Å². The van der Waals surface area contributed by atoms with Gasteiger partial charge < -0.3 is 10.1 Å². The maximum Gasteiger partial charge on any atom is 0.250 e. The van der Waals surface area contributed by atoms with Gasteiger partial charge in [-0.25, -0.2) is 9.97 Å². The van der Waals surface area contributed by atoms with E-state index in [1.807, 2.05) is 74.5 Å². The van der Waals surface area contributed by atoms with Crippen LogP contribution in [0.25, 0.3) is 11.1 Å². The Kier molecular flexibility index (Phi) is 7.85. The van der Waals surface area contributed by atoms with Crippen molar-refractivity contribution in [2.24, 2.45) is 5.92 Å². The van der Waals surface area contributed by atoms with E-state index in [0.29, 0.717) is 6.42 Å². The second kappa shape index (κ2) is 11.0. The summed E-state index contributed by atoms with van der Waals surface area (Å²) >= 11 is 0. The summed E-state index contributed by atoms with van der Waals surface area (Å²) in [5, 5.41) is 11.5. The molecule has 0 fully saturated rings. The van der Waals surface area contributed by atoms with Gasteiger partial charge in [0.05, 0.1) is 6.07 Å². The minimum Gasteiger partial charge on any atom is -0.356 e. The number of carbonyl (C=O) groups is 1. The van der Waals surface area contributed by atoms with E-state index in [-0.39, 0.29) is 18.4 Å². The van der Waals surface area contributed by atoms with Crippen LogP contribution in [0.4, 0.5) is 0 Å². The van der Waals surface area contributed by atoms with Gasteiger partial charge in [-0.05, 0) is 29.0 Å². The van der Waals surface area contributed by atoms with E-state index in [0.717, 1.165) is 22.3 Å². The Hall–Kier alpha value is -3.56. The second-order valence-corrected chi connectivity index (χ2v) is 7.67. The van der Waals surface area contributed by atoms with Crippen LogP contribution in [0.2, 0.25) is 0 Å². The first-order chi connectivity index (χ1) is 15.1. The normalized spacial score (nSPS) is 12.7. The molecule has 6 heteroatoms. The molecule has 0 radical (unpaired) electrons. The summed E-state index contributed by atoms with van der Waals surface area (Å²) in [5.41, 5.74) is 3.83. The second-order valence-electron chi connectivity index (χ2n) is 7.67. The number of nitrogens with zero attached hydrogens (tertiary/aromatic N) is 3. The lowest BCUT2D eigenvalue weighted by Crippen LogP contribution is -2.38. The highest BCUT2D eigenvalue weighted by atomic mass is 16.5. The number of benzene rings is 2. The van der Waals surface area contributed by atoms with Gasteiger partial charge in [-0.2, -0.15) is 5.26 Å². The van der Waals surface area contributed by atoms with Gasteiger partial charge in [0.1, 0.15) is 25.1 Å². The molecule has 2 aromatic carbocycles. The summed E-state index contributed by atoms with van der Waals surface area (Å²) in [5.74, 6) is -0.0102. The number of rotatable bonds is 9. The number of aromatic nitrogens is 2. The van der Waals surface area contributed by atoms with Crippen molar-refractivity contribution in [2.45, 2.75) is 32.5 Å². The summed E-state index contributed by atoms with van der Waals surface area (Å²) in [6.07, 6.45) is 4.51. The van der Waals surface area contributed by atoms with E-state index in [1.54, 1.807) is 12.4 Å². The lowest BCUT2D eigenvalue weighted by Gasteiger charge is -2.26. The molecule has 0 saturated heterocycles. The van der Waals surface area contributed by atoms with Crippen LogP contribution in [0.1, 0.15) is 37.5 Å². The minimum atomic E-state index is -0.666. The fourth-order valence-electron chi connectivity index (χ4n) is 3.33. The first-order valence-corrected chi connectivity index (χ1v) is 10.3. The van der Waals surface area contributed by atoms with Crippen molar-refractivity contribution in [2.75, 3.05) is 6.54 Å². The number of carbonyl (C=O) groups excluding carboxylic acids is 1. The van der Waals surface area contributed by atoms with Crippen LogP contribution in [0.15, 0.2) is 73.3 Å². The predicted molar refractivity (Wildman–Crippen MR) is 119 cm³/mol. The average molecular weight is 415 g/mol. The zero-order valence-corrected chi connectivity index (χ0v) is 17.7. The van der Waals surface area contributed by atoms with Gasteiger partial charge in [-0.1, -0.05) is 68.4 Å². The summed E-state index contributed by atoms with van der Waals surface area (Å²) in [6, 6.07) is 19.8. The minimum absolute atomic E-state index is 0.0410. The molecule has 1 aromatic heterocycles. The van der Waals surface area contributed by atoms with Crippen LogP contribution in [0.5, 0.6) is 0 Å². The summed E-state index contributed by atoms with van der Waals surface area (Å²) in [7, 11) is 0. The largest absolute Gasteiger partial charge is 0.356 e. The topological polar surface area (TPSA) is 87.9 Å². The maximum absolute atomic E-state index is 12.7. The number of hydrogen-bond acceptors (Lipinski definition) is 5. The van der Waals surface area contributed by atoms with Gasteiger partial charge in [-0.15, -0.1) is 0 Å². The molecule has 158 valence electrons. The Morgan fingerprint density at radius 2 is 1.65 bits per heavy atom. The van der Waals surface area contributed by atoms with Gasteiger partial charge >= 0.3 is 0 Å². The van der Waals surface area contributed by atoms with Crippen LogP contribution in [0.3, 0.4) is 0 Å². The zero-order valence-electron chi connectivity index (χ0n) is 17.7. The van der Waals surface area contributed by atoms with Crippen LogP contribution < -0.4 is 5.32 Å². The third kappa shape index (κ3) is 6.21. The van der Waals surface area contributed by atoms with E-state index >= 15 is 0 Å². The van der Waals surface area contributed by atoms with Gasteiger partial charge in [0.25, 0.3) is 0 Å². The van der Waals surface area contributed by atoms with Crippen molar-refractivity contribution in [1.82, 2.24) is 15.3 Å². The lowest BCUT2D eigenvalue weighted by atomic mass is 9.98. The molecule has 0 aliphatic rings. The Balaban J connectivity index is 1.91. The number of hydrogen-bond donors (Lipinski definition) is 1. The van der Waals surface area contributed by atoms with Crippen LogP contribution in [0, 0.1) is 17.2 Å². The van der Waals surface area contributed by atoms with Crippen molar-refractivity contribution in [1.29, 1.82) is 5.26 Å². The van der Waals surface area contributed by atoms with Crippen molar-refractivity contribution in [3.63, 3.8) is 0 Å². The predicted octanol–water partition coefficient (Wildman–Crippen LogP) is 4.30. The summed E-state index contributed by atoms with van der Waals surface area (Å²) < 4.78 is 6.39. The van der Waals surface area contributed by atoms with Crippen molar-refractivity contribution >= 4 is 5.91 Å². The Morgan fingerprint density at radius 1 is 1.00 bits per heavy atom. The molecule has 0 saturated carbocycles. The molecule has 1 amide bonds. The number of amides is 1. The highest BCUT2D eigenvalue weighted by Gasteiger charge is 2.26. The number of nitriles is 1. The first-order valence-electron chi connectivity index (χ1n) is 10.3. The summed E-state index contributed by atoms with van der Waals surface area (Å²) in [6.45, 7) is 4.05. The molecule has 6 nitrogen and oxygen atoms in total. The Labute approximate surface area is 182 Å². The third-order valence-corrected chi connectivity index (χ3v) is 4.83. The fraction of sp³-hybridized carbons (Fsp3) is 0.280. The Morgan fingerprint density at radius 3 is 2.26 bits per heavy atom. The smallest absolute Gasteiger partial charge is 0.250 e. The molecule has 1 heterocycles. The van der Waals surface area contributed by atoms with Gasteiger partial charge in [0.2, 0.25) is 5.91 Å². The summed E-state index contributed by atoms with van der Waals surface area (Å²) in [4.78, 5) is 20.8. The van der Waals surface area contributed by atoms with E-state index in [2.05, 4.69) is 15.3 Å². The molecule has 0 aliphatic carbocycles. The molecule has 31 heavy (non-hydrogen) atoms. The monoisotopic (exact) mass is 414 g/mol. The number of ether oxygens (including phenoxy) is 1. The molecule has 0 spiro atoms. The molecule has 1 unspecified atom stereocenters. The van der Waals surface area contributed by atoms with E-state index in [1.165, 1.54) is 6.33 Å². The average Bonchev–Trinajstić information content (AvgIpc) is 2.81. The quantitative estimate of drug-likeness (QED) is 0.527. The van der Waals surface area contributed by atoms with Crippen LogP contribution in [-0.2, 0) is 9.53 Å². The van der Waals surface area contributed by atoms with Gasteiger partial charge in [0, 0.05) is 18.0 Å². The van der Waals surface area contributed by atoms with Crippen LogP contribution >= 0.6 is 0 Å². The van der Waals surface area contributed by atoms with E-state index < -0.39 is 12.2 Å². The van der Waals surface area contributed by atoms with Crippen molar-refractivity contribution < 1.29 is 9.53 Å². The van der Waals surface area contributed by atoms with Gasteiger partial charge in [-0.3, -0.25) is 4.79 Å². The lowest BCUT2D eigenvalue weighted by molar-refractivity contribution is -0.136.